The molecule has 1 atom stereocenters. The first-order valence-corrected chi connectivity index (χ1v) is 10.0. The fourth-order valence-corrected chi connectivity index (χ4v) is 4.06. The number of aliphatic imine (C=N–C) groups is 1. The Hall–Kier alpha value is -3.73. The highest BCUT2D eigenvalue weighted by Crippen LogP contribution is 2.41. The summed E-state index contributed by atoms with van der Waals surface area (Å²) in [6.07, 6.45) is 4.46. The minimum absolute atomic E-state index is 0.0707. The van der Waals surface area contributed by atoms with E-state index in [4.69, 9.17) is 14.8 Å². The lowest BCUT2D eigenvalue weighted by atomic mass is 9.96. The number of hydrogen-bond donors (Lipinski definition) is 0. The normalized spacial score (nSPS) is 15.4. The number of benzene rings is 2. The van der Waals surface area contributed by atoms with Gasteiger partial charge in [0, 0.05) is 24.4 Å². The summed E-state index contributed by atoms with van der Waals surface area (Å²) in [5.74, 6) is 1.73. The minimum atomic E-state index is 0.0707. The molecule has 148 valence electrons. The van der Waals surface area contributed by atoms with Crippen LogP contribution in [0.1, 0.15) is 29.3 Å². The van der Waals surface area contributed by atoms with Crippen LogP contribution in [0.3, 0.4) is 0 Å². The number of nitrogens with zero attached hydrogens (tertiary/aromatic N) is 4. The number of aryl methyl sites for hydroxylation is 1. The Bertz CT molecular complexity index is 1200. The zero-order valence-corrected chi connectivity index (χ0v) is 17.0. The van der Waals surface area contributed by atoms with E-state index in [1.54, 1.807) is 7.11 Å². The molecule has 0 N–H and O–H groups in total. The van der Waals surface area contributed by atoms with E-state index < -0.39 is 0 Å². The third-order valence-corrected chi connectivity index (χ3v) is 5.56. The van der Waals surface area contributed by atoms with Crippen LogP contribution in [-0.4, -0.2) is 27.6 Å². The van der Waals surface area contributed by atoms with Crippen molar-refractivity contribution in [3.05, 3.63) is 95.9 Å². The van der Waals surface area contributed by atoms with Crippen molar-refractivity contribution in [1.29, 1.82) is 0 Å². The van der Waals surface area contributed by atoms with Crippen LogP contribution in [0.4, 0.5) is 5.82 Å². The second-order valence-corrected chi connectivity index (χ2v) is 7.38. The van der Waals surface area contributed by atoms with Gasteiger partial charge >= 0.3 is 0 Å². The van der Waals surface area contributed by atoms with Crippen LogP contribution in [0.15, 0.2) is 84.1 Å². The number of hydrogen-bond acceptors (Lipinski definition) is 4. The fraction of sp³-hybridized carbons (Fsp3) is 0.160. The van der Waals surface area contributed by atoms with Gasteiger partial charge in [0.2, 0.25) is 0 Å². The highest BCUT2D eigenvalue weighted by Gasteiger charge is 2.29. The predicted molar refractivity (Wildman–Crippen MR) is 119 cm³/mol. The first kappa shape index (κ1) is 18.3. The highest BCUT2D eigenvalue weighted by atomic mass is 16.5. The lowest BCUT2D eigenvalue weighted by Crippen LogP contribution is -2.21. The summed E-state index contributed by atoms with van der Waals surface area (Å²) in [4.78, 5) is 9.29. The SMILES string of the molecule is COc1ccc(-c2c(C)nn3c2N=C(c2ccccc2)CC3c2ccncc2)cc1. The molecule has 0 saturated heterocycles. The lowest BCUT2D eigenvalue weighted by molar-refractivity contribution is 0.415. The van der Waals surface area contributed by atoms with Crippen LogP contribution in [-0.2, 0) is 0 Å². The maximum Gasteiger partial charge on any atom is 0.159 e. The molecule has 2 aromatic carbocycles. The van der Waals surface area contributed by atoms with Gasteiger partial charge in [-0.1, -0.05) is 42.5 Å². The average molecular weight is 394 g/mol. The van der Waals surface area contributed by atoms with E-state index in [9.17, 15) is 0 Å². The van der Waals surface area contributed by atoms with Crippen LogP contribution in [0, 0.1) is 6.92 Å². The molecular formula is C25H22N4O. The Labute approximate surface area is 175 Å². The molecule has 2 aromatic heterocycles. The molecule has 1 aliphatic rings. The van der Waals surface area contributed by atoms with Crippen molar-refractivity contribution < 1.29 is 4.74 Å². The van der Waals surface area contributed by atoms with E-state index >= 15 is 0 Å². The van der Waals surface area contributed by atoms with E-state index in [-0.39, 0.29) is 6.04 Å². The number of rotatable bonds is 4. The van der Waals surface area contributed by atoms with Gasteiger partial charge in [-0.25, -0.2) is 9.67 Å². The van der Waals surface area contributed by atoms with Gasteiger partial charge in [-0.2, -0.15) is 5.10 Å². The Kier molecular flexibility index (Phi) is 4.64. The van der Waals surface area contributed by atoms with Crippen LogP contribution in [0.5, 0.6) is 5.75 Å². The van der Waals surface area contributed by atoms with Crippen LogP contribution in [0.2, 0.25) is 0 Å². The Morgan fingerprint density at radius 3 is 2.33 bits per heavy atom. The van der Waals surface area contributed by atoms with Crippen molar-refractivity contribution in [3.8, 4) is 16.9 Å². The van der Waals surface area contributed by atoms with Gasteiger partial charge < -0.3 is 4.74 Å². The third kappa shape index (κ3) is 3.18. The van der Waals surface area contributed by atoms with Gasteiger partial charge in [0.05, 0.1) is 24.6 Å². The number of pyridine rings is 1. The largest absolute Gasteiger partial charge is 0.497 e. The zero-order chi connectivity index (χ0) is 20.5. The first-order valence-electron chi connectivity index (χ1n) is 10.0. The second-order valence-electron chi connectivity index (χ2n) is 7.38. The van der Waals surface area contributed by atoms with Gasteiger partial charge in [0.15, 0.2) is 5.82 Å². The van der Waals surface area contributed by atoms with Gasteiger partial charge in [-0.05, 0) is 47.9 Å². The van der Waals surface area contributed by atoms with Crippen molar-refractivity contribution in [1.82, 2.24) is 14.8 Å². The predicted octanol–water partition coefficient (Wildman–Crippen LogP) is 5.38. The van der Waals surface area contributed by atoms with Crippen LogP contribution in [0.25, 0.3) is 11.1 Å². The molecule has 5 heteroatoms. The molecule has 5 rings (SSSR count). The van der Waals surface area contributed by atoms with Gasteiger partial charge in [-0.3, -0.25) is 4.98 Å². The summed E-state index contributed by atoms with van der Waals surface area (Å²) in [5, 5.41) is 4.91. The van der Waals surface area contributed by atoms with Gasteiger partial charge in [0.25, 0.3) is 0 Å². The summed E-state index contributed by atoms with van der Waals surface area (Å²) in [7, 11) is 1.68. The molecule has 0 spiro atoms. The molecule has 0 radical (unpaired) electrons. The molecule has 0 amide bonds. The van der Waals surface area contributed by atoms with E-state index in [2.05, 4.69) is 58.2 Å². The maximum absolute atomic E-state index is 5.32. The van der Waals surface area contributed by atoms with Crippen LogP contribution >= 0.6 is 0 Å². The quantitative estimate of drug-likeness (QED) is 0.467. The summed E-state index contributed by atoms with van der Waals surface area (Å²) in [5.41, 5.74) is 6.50. The average Bonchev–Trinajstić information content (AvgIpc) is 3.15. The monoisotopic (exact) mass is 394 g/mol. The summed E-state index contributed by atoms with van der Waals surface area (Å²) < 4.78 is 7.39. The van der Waals surface area contributed by atoms with Crippen molar-refractivity contribution in [2.75, 3.05) is 7.11 Å². The zero-order valence-electron chi connectivity index (χ0n) is 17.0. The molecule has 1 unspecified atom stereocenters. The van der Waals surface area contributed by atoms with E-state index in [0.717, 1.165) is 46.1 Å². The Morgan fingerprint density at radius 1 is 0.900 bits per heavy atom. The van der Waals surface area contributed by atoms with Crippen molar-refractivity contribution >= 4 is 11.5 Å². The number of methoxy groups -OCH3 is 1. The molecular weight excluding hydrogens is 372 g/mol. The maximum atomic E-state index is 5.32. The summed E-state index contributed by atoms with van der Waals surface area (Å²) in [6.45, 7) is 2.05. The molecule has 0 saturated carbocycles. The molecule has 5 nitrogen and oxygen atoms in total. The summed E-state index contributed by atoms with van der Waals surface area (Å²) in [6, 6.07) is 22.7. The lowest BCUT2D eigenvalue weighted by Gasteiger charge is -2.25. The van der Waals surface area contributed by atoms with Crippen LogP contribution < -0.4 is 4.74 Å². The number of fused-ring (bicyclic) bond motifs is 1. The topological polar surface area (TPSA) is 52.3 Å². The Morgan fingerprint density at radius 2 is 1.63 bits per heavy atom. The molecule has 0 aliphatic carbocycles. The molecule has 0 fully saturated rings. The highest BCUT2D eigenvalue weighted by molar-refractivity contribution is 6.04. The summed E-state index contributed by atoms with van der Waals surface area (Å²) >= 11 is 0. The molecule has 3 heterocycles. The van der Waals surface area contributed by atoms with E-state index in [1.807, 2.05) is 37.5 Å². The fourth-order valence-electron chi connectivity index (χ4n) is 4.06. The molecule has 1 aliphatic heterocycles. The Balaban J connectivity index is 1.70. The molecule has 0 bridgehead atoms. The van der Waals surface area contributed by atoms with Gasteiger partial charge in [-0.15, -0.1) is 0 Å². The van der Waals surface area contributed by atoms with Crippen molar-refractivity contribution in [2.45, 2.75) is 19.4 Å². The standard InChI is InChI=1S/C25H22N4O/c1-17-24(20-8-10-21(30-2)11-9-20)25-27-22(18-6-4-3-5-7-18)16-23(29(25)28-17)19-12-14-26-15-13-19/h3-15,23H,16H2,1-2H3. The van der Waals surface area contributed by atoms with Crippen molar-refractivity contribution in [2.24, 2.45) is 4.99 Å². The first-order chi connectivity index (χ1) is 14.7. The van der Waals surface area contributed by atoms with Gasteiger partial charge in [0.1, 0.15) is 5.75 Å². The van der Waals surface area contributed by atoms with E-state index in [1.165, 1.54) is 5.56 Å². The molecule has 30 heavy (non-hydrogen) atoms. The number of aromatic nitrogens is 3. The minimum Gasteiger partial charge on any atom is -0.497 e. The van der Waals surface area contributed by atoms with Crippen molar-refractivity contribution in [3.63, 3.8) is 0 Å². The molecule has 4 aromatic rings. The van der Waals surface area contributed by atoms with E-state index in [0.29, 0.717) is 0 Å². The second kappa shape index (κ2) is 7.59. The number of ether oxygens (including phenoxy) is 1. The third-order valence-electron chi connectivity index (χ3n) is 5.56. The smallest absolute Gasteiger partial charge is 0.159 e.